The summed E-state index contributed by atoms with van der Waals surface area (Å²) >= 11 is 4.75. The van der Waals surface area contributed by atoms with Crippen LogP contribution in [0.25, 0.3) is 0 Å². The minimum absolute atomic E-state index is 0.0410. The van der Waals surface area contributed by atoms with E-state index in [4.69, 9.17) is 18.0 Å². The van der Waals surface area contributed by atoms with Crippen molar-refractivity contribution < 1.29 is 8.42 Å². The normalized spacial score (nSPS) is 13.9. The van der Waals surface area contributed by atoms with Gasteiger partial charge in [-0.15, -0.1) is 0 Å². The Morgan fingerprint density at radius 1 is 1.32 bits per heavy atom. The summed E-state index contributed by atoms with van der Waals surface area (Å²) in [6.07, 6.45) is 0. The molecule has 0 saturated heterocycles. The molecule has 0 bridgehead atoms. The summed E-state index contributed by atoms with van der Waals surface area (Å²) in [5.41, 5.74) is 6.74. The minimum atomic E-state index is -3.61. The van der Waals surface area contributed by atoms with Crippen LogP contribution in [0.3, 0.4) is 0 Å². The first kappa shape index (κ1) is 15.9. The molecule has 1 atom stereocenters. The van der Waals surface area contributed by atoms with Gasteiger partial charge in [-0.25, -0.2) is 8.42 Å². The second-order valence-electron chi connectivity index (χ2n) is 5.49. The summed E-state index contributed by atoms with van der Waals surface area (Å²) in [6.45, 7) is 7.55. The number of sulfonamides is 1. The van der Waals surface area contributed by atoms with Crippen molar-refractivity contribution in [3.8, 4) is 0 Å². The number of rotatable bonds is 4. The smallest absolute Gasteiger partial charge is 0.241 e. The molecule has 1 rings (SSSR count). The van der Waals surface area contributed by atoms with Gasteiger partial charge in [0.1, 0.15) is 5.25 Å². The average molecular weight is 300 g/mol. The quantitative estimate of drug-likeness (QED) is 0.838. The first-order valence-electron chi connectivity index (χ1n) is 5.96. The van der Waals surface area contributed by atoms with Gasteiger partial charge in [0.2, 0.25) is 10.0 Å². The van der Waals surface area contributed by atoms with Crippen LogP contribution in [0.4, 0.5) is 5.69 Å². The monoisotopic (exact) mass is 300 g/mol. The van der Waals surface area contributed by atoms with Crippen molar-refractivity contribution >= 4 is 32.9 Å². The van der Waals surface area contributed by atoms with Crippen LogP contribution in [-0.4, -0.2) is 18.7 Å². The van der Waals surface area contributed by atoms with E-state index >= 15 is 0 Å². The molecule has 0 aliphatic rings. The Kier molecular flexibility index (Phi) is 4.58. The van der Waals surface area contributed by atoms with Crippen molar-refractivity contribution in [2.45, 2.75) is 38.4 Å². The molecule has 19 heavy (non-hydrogen) atoms. The number of hydrogen-bond acceptors (Lipinski definition) is 3. The summed E-state index contributed by atoms with van der Waals surface area (Å²) in [4.78, 5) is -0.0410. The van der Waals surface area contributed by atoms with Gasteiger partial charge < -0.3 is 5.73 Å². The maximum absolute atomic E-state index is 12.1. The lowest BCUT2D eigenvalue weighted by Gasteiger charge is -2.24. The molecule has 0 aliphatic carbocycles. The molecule has 1 aromatic rings. The molecule has 1 aromatic carbocycles. The zero-order valence-corrected chi connectivity index (χ0v) is 13.2. The van der Waals surface area contributed by atoms with Gasteiger partial charge in [-0.1, -0.05) is 51.2 Å². The Hall–Kier alpha value is -1.14. The summed E-state index contributed by atoms with van der Waals surface area (Å²) < 4.78 is 26.9. The topological polar surface area (TPSA) is 72.2 Å². The molecule has 0 spiro atoms. The van der Waals surface area contributed by atoms with Gasteiger partial charge >= 0.3 is 0 Å². The third kappa shape index (κ3) is 3.91. The average Bonchev–Trinajstić information content (AvgIpc) is 2.26. The zero-order valence-electron chi connectivity index (χ0n) is 11.6. The van der Waals surface area contributed by atoms with Gasteiger partial charge in [0.25, 0.3) is 0 Å². The van der Waals surface area contributed by atoms with Crippen LogP contribution in [0, 0.1) is 0 Å². The standard InChI is InChI=1S/C13H20N2O2S2/c1-9(12(14)18)19(16,17)15-11-8-6-5-7-10(11)13(2,3)4/h5-9,15H,1-4H3,(H2,14,18). The van der Waals surface area contributed by atoms with Crippen LogP contribution in [-0.2, 0) is 15.4 Å². The minimum Gasteiger partial charge on any atom is -0.392 e. The first-order chi connectivity index (χ1) is 8.55. The summed E-state index contributed by atoms with van der Waals surface area (Å²) in [5, 5.41) is -0.907. The predicted molar refractivity (Wildman–Crippen MR) is 83.9 cm³/mol. The second kappa shape index (κ2) is 5.46. The second-order valence-corrected chi connectivity index (χ2v) is 7.96. The van der Waals surface area contributed by atoms with E-state index in [0.29, 0.717) is 5.69 Å². The molecular weight excluding hydrogens is 280 g/mol. The van der Waals surface area contributed by atoms with Gasteiger partial charge in [-0.05, 0) is 24.0 Å². The predicted octanol–water partition coefficient (Wildman–Crippen LogP) is 2.40. The molecular formula is C13H20N2O2S2. The molecule has 106 valence electrons. The fourth-order valence-corrected chi connectivity index (χ4v) is 2.97. The van der Waals surface area contributed by atoms with Gasteiger partial charge in [0.15, 0.2) is 0 Å². The zero-order chi connectivity index (χ0) is 14.8. The van der Waals surface area contributed by atoms with E-state index in [9.17, 15) is 8.42 Å². The highest BCUT2D eigenvalue weighted by Crippen LogP contribution is 2.30. The molecule has 4 nitrogen and oxygen atoms in total. The van der Waals surface area contributed by atoms with Crippen molar-refractivity contribution in [1.29, 1.82) is 0 Å². The Balaban J connectivity index is 3.18. The molecule has 0 amide bonds. The summed E-state index contributed by atoms with van der Waals surface area (Å²) in [5.74, 6) is 0. The molecule has 0 radical (unpaired) electrons. The number of benzene rings is 1. The highest BCUT2D eigenvalue weighted by molar-refractivity contribution is 7.95. The lowest BCUT2D eigenvalue weighted by molar-refractivity contribution is 0.589. The van der Waals surface area contributed by atoms with Crippen LogP contribution in [0.5, 0.6) is 0 Å². The van der Waals surface area contributed by atoms with Gasteiger partial charge in [-0.2, -0.15) is 0 Å². The molecule has 0 fully saturated rings. The maximum atomic E-state index is 12.1. The number of anilines is 1. The number of para-hydroxylation sites is 1. The number of hydrogen-bond donors (Lipinski definition) is 2. The number of nitrogens with one attached hydrogen (secondary N) is 1. The highest BCUT2D eigenvalue weighted by Gasteiger charge is 2.26. The van der Waals surface area contributed by atoms with Crippen LogP contribution in [0.2, 0.25) is 0 Å². The van der Waals surface area contributed by atoms with Gasteiger partial charge in [0, 0.05) is 0 Å². The molecule has 0 saturated carbocycles. The van der Waals surface area contributed by atoms with Crippen molar-refractivity contribution in [2.24, 2.45) is 5.73 Å². The lowest BCUT2D eigenvalue weighted by atomic mass is 9.86. The van der Waals surface area contributed by atoms with E-state index in [1.165, 1.54) is 6.92 Å². The maximum Gasteiger partial charge on any atom is 0.241 e. The molecule has 3 N–H and O–H groups in total. The van der Waals surface area contributed by atoms with E-state index in [0.717, 1.165) is 5.56 Å². The van der Waals surface area contributed by atoms with E-state index in [1.54, 1.807) is 12.1 Å². The Morgan fingerprint density at radius 3 is 2.32 bits per heavy atom. The highest BCUT2D eigenvalue weighted by atomic mass is 32.2. The summed E-state index contributed by atoms with van der Waals surface area (Å²) in [7, 11) is -3.61. The van der Waals surface area contributed by atoms with E-state index < -0.39 is 15.3 Å². The van der Waals surface area contributed by atoms with E-state index in [1.807, 2.05) is 32.9 Å². The van der Waals surface area contributed by atoms with Crippen molar-refractivity contribution in [3.63, 3.8) is 0 Å². The fraction of sp³-hybridized carbons (Fsp3) is 0.462. The van der Waals surface area contributed by atoms with Crippen LogP contribution >= 0.6 is 12.2 Å². The Labute approximate surface area is 120 Å². The Bertz CT molecular complexity index is 575. The van der Waals surface area contributed by atoms with Crippen molar-refractivity contribution in [1.82, 2.24) is 0 Å². The van der Waals surface area contributed by atoms with Crippen LogP contribution in [0.1, 0.15) is 33.3 Å². The fourth-order valence-electron chi connectivity index (χ4n) is 1.62. The van der Waals surface area contributed by atoms with Crippen LogP contribution < -0.4 is 10.5 Å². The van der Waals surface area contributed by atoms with E-state index in [-0.39, 0.29) is 10.4 Å². The van der Waals surface area contributed by atoms with Gasteiger partial charge in [-0.3, -0.25) is 4.72 Å². The third-order valence-corrected chi connectivity index (χ3v) is 5.05. The molecule has 0 aliphatic heterocycles. The first-order valence-corrected chi connectivity index (χ1v) is 7.91. The Morgan fingerprint density at radius 2 is 1.84 bits per heavy atom. The largest absolute Gasteiger partial charge is 0.392 e. The summed E-state index contributed by atoms with van der Waals surface area (Å²) in [6, 6.07) is 7.32. The molecule has 0 aromatic heterocycles. The third-order valence-electron chi connectivity index (χ3n) is 2.85. The van der Waals surface area contributed by atoms with E-state index in [2.05, 4.69) is 4.72 Å². The molecule has 0 heterocycles. The van der Waals surface area contributed by atoms with Gasteiger partial charge in [0.05, 0.1) is 10.7 Å². The van der Waals surface area contributed by atoms with Crippen molar-refractivity contribution in [3.05, 3.63) is 29.8 Å². The lowest BCUT2D eigenvalue weighted by Crippen LogP contribution is -2.36. The van der Waals surface area contributed by atoms with Crippen molar-refractivity contribution in [2.75, 3.05) is 4.72 Å². The number of thiocarbonyl (C=S) groups is 1. The number of nitrogens with two attached hydrogens (primary N) is 1. The molecule has 6 heteroatoms. The molecule has 1 unspecified atom stereocenters. The SMILES string of the molecule is CC(C(N)=S)S(=O)(=O)Nc1ccccc1C(C)(C)C. The van der Waals surface area contributed by atoms with Crippen LogP contribution in [0.15, 0.2) is 24.3 Å².